The number of carbonyl (C=O) groups excluding carboxylic acids is 1. The summed E-state index contributed by atoms with van der Waals surface area (Å²) in [5, 5.41) is 14.2. The van der Waals surface area contributed by atoms with Crippen molar-refractivity contribution in [3.05, 3.63) is 29.8 Å². The molecule has 1 aromatic carbocycles. The molecule has 1 unspecified atom stereocenters. The Balaban J connectivity index is 2.54. The fourth-order valence-electron chi connectivity index (χ4n) is 1.84. The number of carbonyl (C=O) groups is 2. The van der Waals surface area contributed by atoms with Gasteiger partial charge in [-0.15, -0.1) is 0 Å². The maximum Gasteiger partial charge on any atom is 0.326 e. The molecule has 0 aliphatic heterocycles. The fourth-order valence-corrected chi connectivity index (χ4v) is 1.84. The average molecular weight is 294 g/mol. The number of urea groups is 1. The highest BCUT2D eigenvalue weighted by Crippen LogP contribution is 2.12. The molecular formula is C15H22N2O4. The second-order valence-corrected chi connectivity index (χ2v) is 4.88. The minimum absolute atomic E-state index is 0.134. The molecule has 116 valence electrons. The van der Waals surface area contributed by atoms with E-state index in [0.29, 0.717) is 18.7 Å². The van der Waals surface area contributed by atoms with Crippen LogP contribution in [0.2, 0.25) is 0 Å². The molecule has 0 aromatic heterocycles. The Kier molecular flexibility index (Phi) is 6.52. The average Bonchev–Trinajstić information content (AvgIpc) is 2.49. The zero-order chi connectivity index (χ0) is 15.8. The number of hydrogen-bond acceptors (Lipinski definition) is 3. The van der Waals surface area contributed by atoms with Crippen LogP contribution in [0.4, 0.5) is 4.79 Å². The van der Waals surface area contributed by atoms with Crippen molar-refractivity contribution in [3.63, 3.8) is 0 Å². The SMILES string of the molecule is CCC(C)[C@H](NC(=O)NCc1cccc(OC)c1)C(=O)O. The van der Waals surface area contributed by atoms with Gasteiger partial charge < -0.3 is 20.5 Å². The minimum Gasteiger partial charge on any atom is -0.497 e. The first-order valence-electron chi connectivity index (χ1n) is 6.88. The van der Waals surface area contributed by atoms with Crippen molar-refractivity contribution in [2.75, 3.05) is 7.11 Å². The Bertz CT molecular complexity index is 490. The predicted molar refractivity (Wildman–Crippen MR) is 79.2 cm³/mol. The summed E-state index contributed by atoms with van der Waals surface area (Å²) in [6.45, 7) is 3.98. The first kappa shape index (κ1) is 16.8. The lowest BCUT2D eigenvalue weighted by Gasteiger charge is -2.20. The molecule has 0 saturated heterocycles. The van der Waals surface area contributed by atoms with Crippen molar-refractivity contribution in [3.8, 4) is 5.75 Å². The molecule has 2 atom stereocenters. The summed E-state index contributed by atoms with van der Waals surface area (Å²) >= 11 is 0. The standard InChI is InChI=1S/C15H22N2O4/c1-4-10(2)13(14(18)19)17-15(20)16-9-11-6-5-7-12(8-11)21-3/h5-8,10,13H,4,9H2,1-3H3,(H,18,19)(H2,16,17,20)/t10?,13-/m0/s1. The molecule has 6 heteroatoms. The maximum atomic E-state index is 11.8. The van der Waals surface area contributed by atoms with Gasteiger partial charge in [-0.1, -0.05) is 32.4 Å². The van der Waals surface area contributed by atoms with E-state index in [1.807, 2.05) is 31.2 Å². The highest BCUT2D eigenvalue weighted by molar-refractivity contribution is 5.82. The van der Waals surface area contributed by atoms with E-state index in [4.69, 9.17) is 9.84 Å². The summed E-state index contributed by atoms with van der Waals surface area (Å²) in [4.78, 5) is 22.9. The molecule has 0 saturated carbocycles. The smallest absolute Gasteiger partial charge is 0.326 e. The third kappa shape index (κ3) is 5.33. The van der Waals surface area contributed by atoms with Crippen molar-refractivity contribution < 1.29 is 19.4 Å². The molecule has 21 heavy (non-hydrogen) atoms. The van der Waals surface area contributed by atoms with E-state index in [1.54, 1.807) is 14.0 Å². The van der Waals surface area contributed by atoms with Crippen LogP contribution in [0.3, 0.4) is 0 Å². The van der Waals surface area contributed by atoms with Crippen molar-refractivity contribution in [1.82, 2.24) is 10.6 Å². The van der Waals surface area contributed by atoms with Gasteiger partial charge >= 0.3 is 12.0 Å². The molecule has 0 aliphatic rings. The first-order valence-corrected chi connectivity index (χ1v) is 6.88. The quantitative estimate of drug-likeness (QED) is 0.717. The van der Waals surface area contributed by atoms with Crippen LogP contribution in [0.1, 0.15) is 25.8 Å². The second kappa shape index (κ2) is 8.14. The van der Waals surface area contributed by atoms with Gasteiger partial charge in [0.05, 0.1) is 7.11 Å². The molecule has 0 spiro atoms. The molecule has 0 heterocycles. The number of carboxylic acids is 1. The topological polar surface area (TPSA) is 87.7 Å². The normalized spacial score (nSPS) is 13.1. The Hall–Kier alpha value is -2.24. The molecule has 0 bridgehead atoms. The molecule has 0 aliphatic carbocycles. The van der Waals surface area contributed by atoms with Crippen LogP contribution >= 0.6 is 0 Å². The van der Waals surface area contributed by atoms with Gasteiger partial charge in [0.1, 0.15) is 11.8 Å². The number of ether oxygens (including phenoxy) is 1. The van der Waals surface area contributed by atoms with Crippen LogP contribution in [0.15, 0.2) is 24.3 Å². The highest BCUT2D eigenvalue weighted by Gasteiger charge is 2.25. The zero-order valence-corrected chi connectivity index (χ0v) is 12.6. The second-order valence-electron chi connectivity index (χ2n) is 4.88. The van der Waals surface area contributed by atoms with Gasteiger partial charge in [0.25, 0.3) is 0 Å². The van der Waals surface area contributed by atoms with E-state index >= 15 is 0 Å². The summed E-state index contributed by atoms with van der Waals surface area (Å²) in [6.07, 6.45) is 0.674. The van der Waals surface area contributed by atoms with Crippen LogP contribution in [0.5, 0.6) is 5.75 Å². The zero-order valence-electron chi connectivity index (χ0n) is 12.6. The molecule has 0 fully saturated rings. The van der Waals surface area contributed by atoms with Gasteiger partial charge in [0.2, 0.25) is 0 Å². The summed E-state index contributed by atoms with van der Waals surface area (Å²) < 4.78 is 5.10. The van der Waals surface area contributed by atoms with Crippen molar-refractivity contribution in [2.45, 2.75) is 32.9 Å². The van der Waals surface area contributed by atoms with E-state index in [2.05, 4.69) is 10.6 Å². The van der Waals surface area contributed by atoms with Gasteiger partial charge in [-0.2, -0.15) is 0 Å². The molecule has 6 nitrogen and oxygen atoms in total. The maximum absolute atomic E-state index is 11.8. The number of aliphatic carboxylic acids is 1. The van der Waals surface area contributed by atoms with Crippen molar-refractivity contribution in [1.29, 1.82) is 0 Å². The van der Waals surface area contributed by atoms with Crippen molar-refractivity contribution >= 4 is 12.0 Å². The molecule has 3 N–H and O–H groups in total. The number of methoxy groups -OCH3 is 1. The molecule has 1 rings (SSSR count). The highest BCUT2D eigenvalue weighted by atomic mass is 16.5. The third-order valence-corrected chi connectivity index (χ3v) is 3.35. The van der Waals surface area contributed by atoms with Gasteiger partial charge in [0.15, 0.2) is 0 Å². The number of nitrogens with one attached hydrogen (secondary N) is 2. The van der Waals surface area contributed by atoms with Crippen LogP contribution in [0, 0.1) is 5.92 Å². The lowest BCUT2D eigenvalue weighted by atomic mass is 9.99. The monoisotopic (exact) mass is 294 g/mol. The summed E-state index contributed by atoms with van der Waals surface area (Å²) in [5.74, 6) is -0.455. The van der Waals surface area contributed by atoms with E-state index in [9.17, 15) is 9.59 Å². The third-order valence-electron chi connectivity index (χ3n) is 3.35. The van der Waals surface area contributed by atoms with Gasteiger partial charge in [0, 0.05) is 6.54 Å². The number of amides is 2. The van der Waals surface area contributed by atoms with Crippen LogP contribution in [-0.4, -0.2) is 30.3 Å². The Morgan fingerprint density at radius 2 is 2.10 bits per heavy atom. The molecule has 0 radical (unpaired) electrons. The first-order chi connectivity index (χ1) is 9.97. The Labute approximate surface area is 124 Å². The van der Waals surface area contributed by atoms with E-state index < -0.39 is 18.0 Å². The van der Waals surface area contributed by atoms with Gasteiger partial charge in [-0.25, -0.2) is 9.59 Å². The molecular weight excluding hydrogens is 272 g/mol. The largest absolute Gasteiger partial charge is 0.497 e. The lowest BCUT2D eigenvalue weighted by molar-refractivity contribution is -0.140. The van der Waals surface area contributed by atoms with Crippen LogP contribution in [0.25, 0.3) is 0 Å². The van der Waals surface area contributed by atoms with Gasteiger partial charge in [-0.05, 0) is 23.6 Å². The predicted octanol–water partition coefficient (Wildman–Crippen LogP) is 1.99. The number of rotatable bonds is 7. The minimum atomic E-state index is -1.03. The fraction of sp³-hybridized carbons (Fsp3) is 0.467. The Morgan fingerprint density at radius 3 is 2.67 bits per heavy atom. The van der Waals surface area contributed by atoms with E-state index in [1.165, 1.54) is 0 Å². The van der Waals surface area contributed by atoms with Crippen LogP contribution in [-0.2, 0) is 11.3 Å². The summed E-state index contributed by atoms with van der Waals surface area (Å²) in [7, 11) is 1.57. The van der Waals surface area contributed by atoms with E-state index in [-0.39, 0.29) is 5.92 Å². The number of hydrogen-bond donors (Lipinski definition) is 3. The van der Waals surface area contributed by atoms with E-state index in [0.717, 1.165) is 5.56 Å². The summed E-state index contributed by atoms with van der Waals surface area (Å²) in [6, 6.07) is 5.92. The summed E-state index contributed by atoms with van der Waals surface area (Å²) in [5.41, 5.74) is 0.875. The van der Waals surface area contributed by atoms with Gasteiger partial charge in [-0.3, -0.25) is 0 Å². The molecule has 1 aromatic rings. The lowest BCUT2D eigenvalue weighted by Crippen LogP contribution is -2.48. The number of carboxylic acid groups (broad SMARTS) is 1. The molecule has 2 amide bonds. The number of benzene rings is 1. The Morgan fingerprint density at radius 1 is 1.38 bits per heavy atom. The van der Waals surface area contributed by atoms with Crippen LogP contribution < -0.4 is 15.4 Å². The van der Waals surface area contributed by atoms with Crippen molar-refractivity contribution in [2.24, 2.45) is 5.92 Å².